The molecule has 1 aromatic rings. The van der Waals surface area contributed by atoms with Crippen LogP contribution in [-0.4, -0.2) is 69.9 Å². The molecule has 1 amide bonds. The minimum absolute atomic E-state index is 0.101. The van der Waals surface area contributed by atoms with E-state index in [1.807, 2.05) is 11.8 Å². The summed E-state index contributed by atoms with van der Waals surface area (Å²) >= 11 is 0. The molecule has 0 unspecified atom stereocenters. The average molecular weight is 349 g/mol. The fourth-order valence-corrected chi connectivity index (χ4v) is 3.85. The predicted octanol–water partition coefficient (Wildman–Crippen LogP) is 1.54. The molecule has 0 aromatic carbocycles. The highest BCUT2D eigenvalue weighted by atomic mass is 16.5. The van der Waals surface area contributed by atoms with Crippen LogP contribution in [0.1, 0.15) is 56.6 Å². The highest BCUT2D eigenvalue weighted by Crippen LogP contribution is 2.27. The lowest BCUT2D eigenvalue weighted by Crippen LogP contribution is -2.40. The van der Waals surface area contributed by atoms with E-state index in [0.29, 0.717) is 12.5 Å². The largest absolute Gasteiger partial charge is 0.372 e. The molecule has 0 N–H and O–H groups in total. The number of carbonyl (C=O) groups is 1. The number of piperidine rings is 2. The van der Waals surface area contributed by atoms with Crippen molar-refractivity contribution in [2.24, 2.45) is 7.05 Å². The standard InChI is InChI=1S/C18H31N5O2/c1-3-25-14-17(24)23-11-7-15(8-12-23)18-20-19-16(21(18)2)13-22-9-5-4-6-10-22/h15H,3-14H2,1-2H3. The highest BCUT2D eigenvalue weighted by Gasteiger charge is 2.27. The summed E-state index contributed by atoms with van der Waals surface area (Å²) in [4.78, 5) is 16.4. The van der Waals surface area contributed by atoms with Crippen molar-refractivity contribution in [1.82, 2.24) is 24.6 Å². The third kappa shape index (κ3) is 4.58. The summed E-state index contributed by atoms with van der Waals surface area (Å²) in [6.45, 7) is 7.50. The van der Waals surface area contributed by atoms with Crippen LogP contribution in [0.2, 0.25) is 0 Å². The summed E-state index contributed by atoms with van der Waals surface area (Å²) in [6.07, 6.45) is 5.83. The van der Waals surface area contributed by atoms with Gasteiger partial charge in [-0.3, -0.25) is 9.69 Å². The molecule has 2 fully saturated rings. The van der Waals surface area contributed by atoms with Gasteiger partial charge in [-0.1, -0.05) is 6.42 Å². The van der Waals surface area contributed by atoms with E-state index in [1.165, 1.54) is 32.4 Å². The molecule has 3 rings (SSSR count). The summed E-state index contributed by atoms with van der Waals surface area (Å²) in [5.41, 5.74) is 0. The molecule has 0 radical (unpaired) electrons. The van der Waals surface area contributed by atoms with Crippen LogP contribution in [0, 0.1) is 0 Å². The first kappa shape index (κ1) is 18.3. The lowest BCUT2D eigenvalue weighted by atomic mass is 9.96. The maximum atomic E-state index is 12.1. The Labute approximate surface area is 150 Å². The summed E-state index contributed by atoms with van der Waals surface area (Å²) < 4.78 is 7.41. The van der Waals surface area contributed by atoms with Gasteiger partial charge in [0.1, 0.15) is 18.3 Å². The third-order valence-electron chi connectivity index (χ3n) is 5.45. The van der Waals surface area contributed by atoms with Gasteiger partial charge in [-0.15, -0.1) is 10.2 Å². The molecule has 0 aliphatic carbocycles. The van der Waals surface area contributed by atoms with Gasteiger partial charge in [0.25, 0.3) is 0 Å². The smallest absolute Gasteiger partial charge is 0.248 e. The molecule has 140 valence electrons. The lowest BCUT2D eigenvalue weighted by Gasteiger charge is -2.31. The van der Waals surface area contributed by atoms with Crippen LogP contribution in [0.5, 0.6) is 0 Å². The summed E-state index contributed by atoms with van der Waals surface area (Å²) in [7, 11) is 2.08. The van der Waals surface area contributed by atoms with E-state index in [4.69, 9.17) is 4.74 Å². The molecule has 2 saturated heterocycles. The second kappa shape index (κ2) is 8.76. The monoisotopic (exact) mass is 349 g/mol. The maximum Gasteiger partial charge on any atom is 0.248 e. The first-order valence-electron chi connectivity index (χ1n) is 9.65. The molecule has 7 heteroatoms. The summed E-state index contributed by atoms with van der Waals surface area (Å²) in [5, 5.41) is 8.93. The first-order chi connectivity index (χ1) is 12.2. The quantitative estimate of drug-likeness (QED) is 0.780. The van der Waals surface area contributed by atoms with E-state index in [1.54, 1.807) is 0 Å². The van der Waals surface area contributed by atoms with Crippen molar-refractivity contribution in [3.05, 3.63) is 11.6 Å². The van der Waals surface area contributed by atoms with Gasteiger partial charge >= 0.3 is 0 Å². The zero-order valence-corrected chi connectivity index (χ0v) is 15.6. The number of amides is 1. The van der Waals surface area contributed by atoms with E-state index >= 15 is 0 Å². The molecular formula is C18H31N5O2. The van der Waals surface area contributed by atoms with Crippen LogP contribution in [0.15, 0.2) is 0 Å². The van der Waals surface area contributed by atoms with Crippen molar-refractivity contribution in [3.8, 4) is 0 Å². The third-order valence-corrected chi connectivity index (χ3v) is 5.45. The van der Waals surface area contributed by atoms with Crippen LogP contribution < -0.4 is 0 Å². The Kier molecular flexibility index (Phi) is 6.42. The number of aromatic nitrogens is 3. The Hall–Kier alpha value is -1.47. The van der Waals surface area contributed by atoms with Crippen molar-refractivity contribution >= 4 is 5.91 Å². The minimum atomic E-state index is 0.101. The van der Waals surface area contributed by atoms with Gasteiger partial charge in [0.2, 0.25) is 5.91 Å². The van der Waals surface area contributed by atoms with Crippen LogP contribution in [-0.2, 0) is 23.1 Å². The Bertz CT molecular complexity index is 560. The van der Waals surface area contributed by atoms with E-state index in [9.17, 15) is 4.79 Å². The van der Waals surface area contributed by atoms with E-state index in [-0.39, 0.29) is 12.5 Å². The summed E-state index contributed by atoms with van der Waals surface area (Å²) in [5.74, 6) is 2.63. The van der Waals surface area contributed by atoms with E-state index < -0.39 is 0 Å². The molecule has 2 aliphatic rings. The number of hydrogen-bond donors (Lipinski definition) is 0. The topological polar surface area (TPSA) is 63.5 Å². The Morgan fingerprint density at radius 2 is 1.84 bits per heavy atom. The molecule has 7 nitrogen and oxygen atoms in total. The first-order valence-corrected chi connectivity index (χ1v) is 9.65. The minimum Gasteiger partial charge on any atom is -0.372 e. The zero-order valence-electron chi connectivity index (χ0n) is 15.6. The Balaban J connectivity index is 1.54. The predicted molar refractivity (Wildman–Crippen MR) is 95.2 cm³/mol. The Morgan fingerprint density at radius 3 is 2.52 bits per heavy atom. The van der Waals surface area contributed by atoms with Crippen LogP contribution in [0.25, 0.3) is 0 Å². The second-order valence-electron chi connectivity index (χ2n) is 7.16. The van der Waals surface area contributed by atoms with Crippen LogP contribution >= 0.6 is 0 Å². The SMILES string of the molecule is CCOCC(=O)N1CCC(c2nnc(CN3CCCCC3)n2C)CC1. The zero-order chi connectivity index (χ0) is 17.6. The normalized spacial score (nSPS) is 20.2. The fraction of sp³-hybridized carbons (Fsp3) is 0.833. The van der Waals surface area contributed by atoms with E-state index in [0.717, 1.165) is 44.1 Å². The van der Waals surface area contributed by atoms with Crippen molar-refractivity contribution in [2.45, 2.75) is 51.5 Å². The number of likely N-dealkylation sites (tertiary alicyclic amines) is 2. The molecule has 1 aromatic heterocycles. The number of ether oxygens (including phenoxy) is 1. The number of rotatable bonds is 6. The molecule has 25 heavy (non-hydrogen) atoms. The van der Waals surface area contributed by atoms with Gasteiger partial charge in [0.05, 0.1) is 6.54 Å². The number of carbonyl (C=O) groups excluding carboxylic acids is 1. The van der Waals surface area contributed by atoms with Gasteiger partial charge in [0, 0.05) is 32.7 Å². The molecule has 0 spiro atoms. The van der Waals surface area contributed by atoms with Gasteiger partial charge in [-0.2, -0.15) is 0 Å². The van der Waals surface area contributed by atoms with Crippen LogP contribution in [0.4, 0.5) is 0 Å². The van der Waals surface area contributed by atoms with Crippen molar-refractivity contribution < 1.29 is 9.53 Å². The van der Waals surface area contributed by atoms with Gasteiger partial charge in [-0.25, -0.2) is 0 Å². The fourth-order valence-electron chi connectivity index (χ4n) is 3.85. The van der Waals surface area contributed by atoms with Gasteiger partial charge in [-0.05, 0) is 45.7 Å². The van der Waals surface area contributed by atoms with Crippen molar-refractivity contribution in [2.75, 3.05) is 39.4 Å². The van der Waals surface area contributed by atoms with Gasteiger partial charge in [0.15, 0.2) is 0 Å². The lowest BCUT2D eigenvalue weighted by molar-refractivity contribution is -0.137. The summed E-state index contributed by atoms with van der Waals surface area (Å²) in [6, 6.07) is 0. The Morgan fingerprint density at radius 1 is 1.12 bits per heavy atom. The van der Waals surface area contributed by atoms with Crippen molar-refractivity contribution in [3.63, 3.8) is 0 Å². The van der Waals surface area contributed by atoms with Crippen molar-refractivity contribution in [1.29, 1.82) is 0 Å². The average Bonchev–Trinajstić information content (AvgIpc) is 3.01. The maximum absolute atomic E-state index is 12.1. The number of nitrogens with zero attached hydrogens (tertiary/aromatic N) is 5. The van der Waals surface area contributed by atoms with E-state index in [2.05, 4.69) is 26.7 Å². The second-order valence-corrected chi connectivity index (χ2v) is 7.16. The molecule has 3 heterocycles. The molecule has 0 atom stereocenters. The molecule has 0 saturated carbocycles. The molecule has 2 aliphatic heterocycles. The number of hydrogen-bond acceptors (Lipinski definition) is 5. The van der Waals surface area contributed by atoms with Crippen LogP contribution in [0.3, 0.4) is 0 Å². The molecular weight excluding hydrogens is 318 g/mol. The molecule has 0 bridgehead atoms. The van der Waals surface area contributed by atoms with Gasteiger partial charge < -0.3 is 14.2 Å². The highest BCUT2D eigenvalue weighted by molar-refractivity contribution is 5.77.